The highest BCUT2D eigenvalue weighted by atomic mass is 31.0. The minimum atomic E-state index is -0.992. The molecule has 1 unspecified atom stereocenters. The van der Waals surface area contributed by atoms with Gasteiger partial charge < -0.3 is 24.2 Å². The van der Waals surface area contributed by atoms with Gasteiger partial charge in [0, 0.05) is 32.0 Å². The number of alkyl halides is 1. The van der Waals surface area contributed by atoms with Crippen LogP contribution in [0.4, 0.5) is 4.39 Å². The van der Waals surface area contributed by atoms with Gasteiger partial charge in [0.15, 0.2) is 0 Å². The molecule has 0 bridgehead atoms. The predicted octanol–water partition coefficient (Wildman–Crippen LogP) is 5.04. The van der Waals surface area contributed by atoms with Crippen LogP contribution in [0.1, 0.15) is 71.8 Å². The third kappa shape index (κ3) is 8.44. The lowest BCUT2D eigenvalue weighted by Crippen LogP contribution is -2.48. The van der Waals surface area contributed by atoms with Crippen molar-refractivity contribution in [1.29, 1.82) is 0 Å². The quantitative estimate of drug-likeness (QED) is 0.191. The number of halogens is 1. The highest BCUT2D eigenvalue weighted by Crippen LogP contribution is 2.33. The van der Waals surface area contributed by atoms with Crippen LogP contribution in [0.15, 0.2) is 47.5 Å². The molecule has 0 spiro atoms. The first-order valence-corrected chi connectivity index (χ1v) is 16.2. The van der Waals surface area contributed by atoms with Gasteiger partial charge in [-0.1, -0.05) is 49.8 Å². The normalized spacial score (nSPS) is 19.1. The van der Waals surface area contributed by atoms with Gasteiger partial charge >= 0.3 is 0 Å². The number of nitrogens with one attached hydrogen (secondary N) is 1. The van der Waals surface area contributed by atoms with Crippen molar-refractivity contribution in [3.05, 3.63) is 54.4 Å². The van der Waals surface area contributed by atoms with Crippen LogP contribution in [0.2, 0.25) is 0 Å². The maximum absolute atomic E-state index is 14.3. The van der Waals surface area contributed by atoms with E-state index in [0.717, 1.165) is 17.3 Å². The molecular weight excluding hydrogens is 594 g/mol. The Kier molecular flexibility index (Phi) is 11.7. The van der Waals surface area contributed by atoms with Crippen LogP contribution < -0.4 is 20.1 Å². The summed E-state index contributed by atoms with van der Waals surface area (Å²) in [6, 6.07) is 9.66. The molecule has 1 saturated heterocycles. The smallest absolute Gasteiger partial charge is 0.246 e. The summed E-state index contributed by atoms with van der Waals surface area (Å²) in [4.78, 5) is 28.2. The molecule has 3 heterocycles. The van der Waals surface area contributed by atoms with Crippen molar-refractivity contribution >= 4 is 20.5 Å². The largest absolute Gasteiger partial charge is 0.474 e. The molecule has 3 aromatic rings. The third-order valence-electron chi connectivity index (χ3n) is 8.52. The number of aromatic nitrogens is 4. The Morgan fingerprint density at radius 3 is 2.67 bits per heavy atom. The van der Waals surface area contributed by atoms with Crippen LogP contribution >= 0.6 is 9.24 Å². The number of nitrogens with zero attached hydrogens (tertiary/aromatic N) is 5. The first-order valence-electron chi connectivity index (χ1n) is 15.6. The Morgan fingerprint density at radius 1 is 1.24 bits per heavy atom. The molecule has 1 aromatic carbocycles. The number of carbonyl (C=O) groups is 1. The fourth-order valence-electron chi connectivity index (χ4n) is 5.67. The summed E-state index contributed by atoms with van der Waals surface area (Å²) in [6.07, 6.45) is 2.26. The first kappa shape index (κ1) is 34.4. The van der Waals surface area contributed by atoms with Crippen LogP contribution in [0.5, 0.6) is 11.8 Å². The van der Waals surface area contributed by atoms with Crippen LogP contribution in [0, 0.1) is 5.92 Å². The zero-order valence-corrected chi connectivity index (χ0v) is 28.3. The van der Waals surface area contributed by atoms with Crippen LogP contribution in [-0.4, -0.2) is 75.5 Å². The molecular formula is C33H46FN6O4P. The summed E-state index contributed by atoms with van der Waals surface area (Å²) < 4.78 is 32.7. The van der Waals surface area contributed by atoms with Crippen LogP contribution in [-0.2, 0) is 10.2 Å². The zero-order valence-electron chi connectivity index (χ0n) is 27.1. The van der Waals surface area contributed by atoms with Gasteiger partial charge in [-0.3, -0.25) is 4.79 Å². The molecule has 10 nitrogen and oxygen atoms in total. The molecule has 1 aliphatic heterocycles. The lowest BCUT2D eigenvalue weighted by Gasteiger charge is -2.38. The second kappa shape index (κ2) is 15.2. The van der Waals surface area contributed by atoms with Crippen molar-refractivity contribution in [3.8, 4) is 23.4 Å². The summed E-state index contributed by atoms with van der Waals surface area (Å²) in [7, 11) is 4.48. The molecule has 1 fully saturated rings. The molecule has 4 rings (SSSR count). The number of hydrogen-bond donors (Lipinski definition) is 1. The first-order chi connectivity index (χ1) is 21.5. The van der Waals surface area contributed by atoms with Crippen molar-refractivity contribution < 1.29 is 23.2 Å². The molecule has 0 aliphatic carbocycles. The Labute approximate surface area is 267 Å². The van der Waals surface area contributed by atoms with Crippen LogP contribution in [0.25, 0.3) is 11.6 Å². The van der Waals surface area contributed by atoms with Gasteiger partial charge in [0.1, 0.15) is 18.4 Å². The SMILES string of the molecule is C=CC(=O)N1CC[C@H](Oc2cc(O[C@@H](C)[C@@H](C)C[C@H](F)CNC)nc(-c3noc(C(C)(C)c4ccccc4P)n3)n2)C[C@H]1CC. The molecule has 1 aliphatic rings. The van der Waals surface area contributed by atoms with Gasteiger partial charge in [-0.15, -0.1) is 9.24 Å². The van der Waals surface area contributed by atoms with Crippen molar-refractivity contribution in [2.24, 2.45) is 5.92 Å². The number of carbonyl (C=O) groups excluding carboxylic acids is 1. The molecule has 0 saturated carbocycles. The predicted molar refractivity (Wildman–Crippen MR) is 176 cm³/mol. The molecule has 2 aromatic heterocycles. The number of likely N-dealkylation sites (tertiary alicyclic amines) is 1. The van der Waals surface area contributed by atoms with Crippen LogP contribution in [0.3, 0.4) is 0 Å². The van der Waals surface area contributed by atoms with E-state index in [9.17, 15) is 9.18 Å². The van der Waals surface area contributed by atoms with Gasteiger partial charge in [-0.05, 0) is 63.5 Å². The van der Waals surface area contributed by atoms with Gasteiger partial charge in [0.2, 0.25) is 35.2 Å². The standard InChI is InChI=1S/C33H46FN6O4P/c1-8-23-17-24(14-15-40(23)29(41)9-2)43-28-18-27(42-21(4)20(3)16-22(34)19-35-7)36-30(37-28)31-38-32(44-39-31)33(5,6)25-12-10-11-13-26(25)45/h9-13,18,20-24,35H,2,8,14-17,19,45H2,1,3-7H3/t20-,21-,22-,23+,24-/m0/s1. The fourth-order valence-corrected chi connectivity index (χ4v) is 6.24. The summed E-state index contributed by atoms with van der Waals surface area (Å²) >= 11 is 0. The third-order valence-corrected chi connectivity index (χ3v) is 9.02. The number of ether oxygens (including phenoxy) is 2. The minimum absolute atomic E-state index is 0.0278. The Hall–Kier alpha value is -3.43. The van der Waals surface area contributed by atoms with E-state index in [1.54, 1.807) is 13.1 Å². The Morgan fingerprint density at radius 2 is 1.98 bits per heavy atom. The molecule has 244 valence electrons. The Balaban J connectivity index is 1.63. The van der Waals surface area contributed by atoms with E-state index in [1.807, 2.05) is 56.9 Å². The monoisotopic (exact) mass is 640 g/mol. The van der Waals surface area contributed by atoms with Gasteiger partial charge in [-0.2, -0.15) is 15.0 Å². The summed E-state index contributed by atoms with van der Waals surface area (Å²) in [5.41, 5.74) is 0.453. The lowest BCUT2D eigenvalue weighted by molar-refractivity contribution is -0.131. The maximum Gasteiger partial charge on any atom is 0.246 e. The van der Waals surface area contributed by atoms with Crippen molar-refractivity contribution in [2.45, 2.75) is 90.1 Å². The number of piperidine rings is 1. The summed E-state index contributed by atoms with van der Waals surface area (Å²) in [5.74, 6) is 1.22. The lowest BCUT2D eigenvalue weighted by atomic mass is 9.84. The number of benzene rings is 1. The van der Waals surface area contributed by atoms with Gasteiger partial charge in [0.05, 0.1) is 11.5 Å². The van der Waals surface area contributed by atoms with Gasteiger partial charge in [-0.25, -0.2) is 4.39 Å². The Bertz CT molecular complexity index is 1450. The van der Waals surface area contributed by atoms with E-state index in [2.05, 4.69) is 43.2 Å². The zero-order chi connectivity index (χ0) is 32.7. The molecule has 0 radical (unpaired) electrons. The molecule has 1 N–H and O–H groups in total. The highest BCUT2D eigenvalue weighted by Gasteiger charge is 2.33. The second-order valence-electron chi connectivity index (χ2n) is 12.3. The topological polar surface area (TPSA) is 116 Å². The summed E-state index contributed by atoms with van der Waals surface area (Å²) in [6.45, 7) is 14.4. The summed E-state index contributed by atoms with van der Waals surface area (Å²) in [5, 5.41) is 8.14. The fraction of sp³-hybridized carbons (Fsp3) is 0.545. The molecule has 1 amide bonds. The highest BCUT2D eigenvalue weighted by molar-refractivity contribution is 7.27. The number of rotatable bonds is 14. The van der Waals surface area contributed by atoms with Crippen molar-refractivity contribution in [2.75, 3.05) is 20.1 Å². The second-order valence-corrected chi connectivity index (χ2v) is 12.9. The number of hydrogen-bond acceptors (Lipinski definition) is 9. The molecule has 6 atom stereocenters. The van der Waals surface area contributed by atoms with E-state index >= 15 is 0 Å². The van der Waals surface area contributed by atoms with E-state index in [0.29, 0.717) is 37.6 Å². The molecule has 12 heteroatoms. The van der Waals surface area contributed by atoms with Crippen molar-refractivity contribution in [1.82, 2.24) is 30.3 Å². The van der Waals surface area contributed by atoms with E-state index in [1.165, 1.54) is 6.08 Å². The minimum Gasteiger partial charge on any atom is -0.474 e. The number of amides is 1. The van der Waals surface area contributed by atoms with Crippen molar-refractivity contribution in [3.63, 3.8) is 0 Å². The van der Waals surface area contributed by atoms with Gasteiger partial charge in [0.25, 0.3) is 0 Å². The average molecular weight is 641 g/mol. The average Bonchev–Trinajstić information content (AvgIpc) is 3.52. The maximum atomic E-state index is 14.3. The van der Waals surface area contributed by atoms with E-state index in [4.69, 9.17) is 19.0 Å². The molecule has 45 heavy (non-hydrogen) atoms. The van der Waals surface area contributed by atoms with E-state index < -0.39 is 11.6 Å². The van der Waals surface area contributed by atoms with E-state index in [-0.39, 0.29) is 54.1 Å².